The number of benzene rings is 1. The Hall–Kier alpha value is -1.89. The predicted molar refractivity (Wildman–Crippen MR) is 63.7 cm³/mol. The maximum atomic E-state index is 12.5. The lowest BCUT2D eigenvalue weighted by Crippen LogP contribution is -2.59. The van der Waals surface area contributed by atoms with Crippen molar-refractivity contribution in [1.29, 1.82) is 0 Å². The number of halogens is 3. The van der Waals surface area contributed by atoms with Crippen molar-refractivity contribution in [1.82, 2.24) is 0 Å². The summed E-state index contributed by atoms with van der Waals surface area (Å²) in [7, 11) is 0. The van der Waals surface area contributed by atoms with Gasteiger partial charge in [-0.15, -0.1) is 0 Å². The van der Waals surface area contributed by atoms with Crippen molar-refractivity contribution in [2.75, 3.05) is 5.32 Å². The molecule has 0 spiro atoms. The van der Waals surface area contributed by atoms with Crippen LogP contribution in [0.25, 0.3) is 0 Å². The number of nitrogens with two attached hydrogens (primary N) is 1. The third kappa shape index (κ3) is 3.31. The summed E-state index contributed by atoms with van der Waals surface area (Å²) in [5.41, 5.74) is 2.52. The Morgan fingerprint density at radius 3 is 2.00 bits per heavy atom. The Kier molecular flexibility index (Phi) is 4.00. The summed E-state index contributed by atoms with van der Waals surface area (Å²) >= 11 is 0. The highest BCUT2D eigenvalue weighted by atomic mass is 19.4. The van der Waals surface area contributed by atoms with Gasteiger partial charge in [-0.05, 0) is 38.1 Å². The minimum atomic E-state index is -4.85. The van der Waals surface area contributed by atoms with Gasteiger partial charge in [0.1, 0.15) is 0 Å². The number of amides is 1. The Balaban J connectivity index is 2.86. The van der Waals surface area contributed by atoms with E-state index in [-0.39, 0.29) is 11.5 Å². The lowest BCUT2D eigenvalue weighted by atomic mass is 10.0. The minimum Gasteiger partial charge on any atom is -0.324 e. The molecule has 0 saturated carbocycles. The van der Waals surface area contributed by atoms with Crippen LogP contribution in [0.5, 0.6) is 0 Å². The molecule has 104 valence electrons. The van der Waals surface area contributed by atoms with Crippen LogP contribution in [-0.2, 0) is 4.79 Å². The molecular weight excluding hydrogens is 261 g/mol. The van der Waals surface area contributed by atoms with Crippen LogP contribution in [0.4, 0.5) is 18.9 Å². The zero-order valence-electron chi connectivity index (χ0n) is 10.3. The van der Waals surface area contributed by atoms with E-state index in [1.54, 1.807) is 0 Å². The normalized spacial score (nSPS) is 14.6. The molecule has 4 nitrogen and oxygen atoms in total. The lowest BCUT2D eigenvalue weighted by molar-refractivity contribution is -0.184. The second kappa shape index (κ2) is 5.00. The molecule has 0 aliphatic heterocycles. The summed E-state index contributed by atoms with van der Waals surface area (Å²) in [4.78, 5) is 22.5. The number of ketones is 1. The molecule has 0 aromatic heterocycles. The molecular formula is C12H13F3N2O2. The van der Waals surface area contributed by atoms with Gasteiger partial charge in [-0.3, -0.25) is 9.59 Å². The molecule has 0 aliphatic carbocycles. The van der Waals surface area contributed by atoms with Gasteiger partial charge in [0.25, 0.3) is 5.91 Å². The number of carbonyl (C=O) groups is 2. The quantitative estimate of drug-likeness (QED) is 0.829. The van der Waals surface area contributed by atoms with Gasteiger partial charge in [-0.2, -0.15) is 13.2 Å². The van der Waals surface area contributed by atoms with E-state index in [0.29, 0.717) is 12.5 Å². The molecule has 1 aromatic rings. The van der Waals surface area contributed by atoms with E-state index in [2.05, 4.69) is 5.32 Å². The third-order valence-corrected chi connectivity index (χ3v) is 2.61. The van der Waals surface area contributed by atoms with Crippen molar-refractivity contribution in [2.45, 2.75) is 25.6 Å². The Morgan fingerprint density at radius 1 is 1.16 bits per heavy atom. The fourth-order valence-corrected chi connectivity index (χ4v) is 1.18. The lowest BCUT2D eigenvalue weighted by Gasteiger charge is -2.26. The van der Waals surface area contributed by atoms with Crippen molar-refractivity contribution in [3.05, 3.63) is 29.8 Å². The van der Waals surface area contributed by atoms with Crippen molar-refractivity contribution in [3.8, 4) is 0 Å². The number of hydrogen-bond acceptors (Lipinski definition) is 3. The molecule has 1 atom stereocenters. The predicted octanol–water partition coefficient (Wildman–Crippen LogP) is 2.11. The third-order valence-electron chi connectivity index (χ3n) is 2.61. The molecule has 0 saturated heterocycles. The first kappa shape index (κ1) is 15.2. The first-order valence-corrected chi connectivity index (χ1v) is 5.34. The largest absolute Gasteiger partial charge is 0.415 e. The van der Waals surface area contributed by atoms with E-state index in [0.717, 1.165) is 0 Å². The number of carbonyl (C=O) groups excluding carboxylic acids is 2. The van der Waals surface area contributed by atoms with Gasteiger partial charge in [0.15, 0.2) is 11.3 Å². The number of rotatable bonds is 3. The highest BCUT2D eigenvalue weighted by molar-refractivity contribution is 5.99. The summed E-state index contributed by atoms with van der Waals surface area (Å²) in [6.07, 6.45) is -4.85. The van der Waals surface area contributed by atoms with Crippen LogP contribution in [0.15, 0.2) is 24.3 Å². The zero-order valence-corrected chi connectivity index (χ0v) is 10.3. The molecule has 0 bridgehead atoms. The van der Waals surface area contributed by atoms with Gasteiger partial charge in [-0.25, -0.2) is 0 Å². The SMILES string of the molecule is CC(=O)c1ccc(NC(=O)C(C)(N)C(F)(F)F)cc1. The molecule has 3 N–H and O–H groups in total. The van der Waals surface area contributed by atoms with Crippen LogP contribution < -0.4 is 11.1 Å². The van der Waals surface area contributed by atoms with Crippen LogP contribution in [0.1, 0.15) is 24.2 Å². The number of nitrogens with one attached hydrogen (secondary N) is 1. The standard InChI is InChI=1S/C12H13F3N2O2/c1-7(18)8-3-5-9(6-4-8)17-10(19)11(2,16)12(13,14)15/h3-6H,16H2,1-2H3,(H,17,19). The van der Waals surface area contributed by atoms with Crippen molar-refractivity contribution < 1.29 is 22.8 Å². The van der Waals surface area contributed by atoms with E-state index in [4.69, 9.17) is 5.73 Å². The summed E-state index contributed by atoms with van der Waals surface area (Å²) < 4.78 is 37.6. The van der Waals surface area contributed by atoms with E-state index < -0.39 is 17.6 Å². The molecule has 1 rings (SSSR count). The second-order valence-electron chi connectivity index (χ2n) is 4.29. The Morgan fingerprint density at radius 2 is 1.63 bits per heavy atom. The van der Waals surface area contributed by atoms with Crippen molar-refractivity contribution in [3.63, 3.8) is 0 Å². The number of anilines is 1. The van der Waals surface area contributed by atoms with E-state index in [1.165, 1.54) is 31.2 Å². The van der Waals surface area contributed by atoms with Crippen LogP contribution >= 0.6 is 0 Å². The van der Waals surface area contributed by atoms with Gasteiger partial charge < -0.3 is 11.1 Å². The van der Waals surface area contributed by atoms with E-state index in [9.17, 15) is 22.8 Å². The smallest absolute Gasteiger partial charge is 0.324 e. The van der Waals surface area contributed by atoms with E-state index in [1.807, 2.05) is 0 Å². The van der Waals surface area contributed by atoms with Crippen LogP contribution in [0.3, 0.4) is 0 Å². The van der Waals surface area contributed by atoms with Gasteiger partial charge in [0.2, 0.25) is 0 Å². The highest BCUT2D eigenvalue weighted by Gasteiger charge is 2.53. The molecule has 1 unspecified atom stereocenters. The fourth-order valence-electron chi connectivity index (χ4n) is 1.18. The first-order chi connectivity index (χ1) is 8.55. The maximum Gasteiger partial charge on any atom is 0.415 e. The summed E-state index contributed by atoms with van der Waals surface area (Å²) in [6.45, 7) is 1.94. The van der Waals surface area contributed by atoms with Crippen molar-refractivity contribution in [2.24, 2.45) is 5.73 Å². The molecule has 0 heterocycles. The van der Waals surface area contributed by atoms with Crippen molar-refractivity contribution >= 4 is 17.4 Å². The summed E-state index contributed by atoms with van der Waals surface area (Å²) in [5, 5.41) is 2.06. The average Bonchev–Trinajstić information content (AvgIpc) is 2.28. The highest BCUT2D eigenvalue weighted by Crippen LogP contribution is 2.29. The maximum absolute atomic E-state index is 12.5. The van der Waals surface area contributed by atoms with Crippen LogP contribution in [-0.4, -0.2) is 23.4 Å². The molecule has 1 aromatic carbocycles. The molecule has 7 heteroatoms. The number of hydrogen-bond donors (Lipinski definition) is 2. The minimum absolute atomic E-state index is 0.135. The topological polar surface area (TPSA) is 72.2 Å². The average molecular weight is 274 g/mol. The van der Waals surface area contributed by atoms with Gasteiger partial charge in [0.05, 0.1) is 0 Å². The van der Waals surface area contributed by atoms with Crippen LogP contribution in [0, 0.1) is 0 Å². The fraction of sp³-hybridized carbons (Fsp3) is 0.333. The summed E-state index contributed by atoms with van der Waals surface area (Å²) in [5.74, 6) is -1.55. The molecule has 0 aliphatic rings. The van der Waals surface area contributed by atoms with Crippen LogP contribution in [0.2, 0.25) is 0 Å². The summed E-state index contributed by atoms with van der Waals surface area (Å²) in [6, 6.07) is 5.47. The Labute approximate surface area is 107 Å². The van der Waals surface area contributed by atoms with Gasteiger partial charge >= 0.3 is 6.18 Å². The number of alkyl halides is 3. The molecule has 0 fully saturated rings. The first-order valence-electron chi connectivity index (χ1n) is 5.34. The van der Waals surface area contributed by atoms with Gasteiger partial charge in [0, 0.05) is 11.3 Å². The molecule has 0 radical (unpaired) electrons. The molecule has 19 heavy (non-hydrogen) atoms. The monoisotopic (exact) mass is 274 g/mol. The molecule has 1 amide bonds. The number of Topliss-reactive ketones (excluding diaryl/α,β-unsaturated/α-hetero) is 1. The van der Waals surface area contributed by atoms with E-state index >= 15 is 0 Å². The second-order valence-corrected chi connectivity index (χ2v) is 4.29. The van der Waals surface area contributed by atoms with Gasteiger partial charge in [-0.1, -0.05) is 0 Å². The Bertz CT molecular complexity index is 493. The zero-order chi connectivity index (χ0) is 14.8.